The van der Waals surface area contributed by atoms with Crippen LogP contribution in [0.5, 0.6) is 11.5 Å². The van der Waals surface area contributed by atoms with Crippen LogP contribution in [0, 0.1) is 0 Å². The molecule has 0 bridgehead atoms. The second kappa shape index (κ2) is 11.6. The Morgan fingerprint density at radius 2 is 1.62 bits per heavy atom. The zero-order valence-corrected chi connectivity index (χ0v) is 21.0. The Morgan fingerprint density at radius 3 is 2.54 bits per heavy atom. The monoisotopic (exact) mass is 493 g/mol. The molecule has 1 amide bonds. The normalized spacial score (nSPS) is 11.1. The van der Waals surface area contributed by atoms with Crippen LogP contribution in [0.4, 0.5) is 0 Å². The van der Waals surface area contributed by atoms with Gasteiger partial charge in [-0.15, -0.1) is 0 Å². The molecule has 1 N–H and O–H groups in total. The van der Waals surface area contributed by atoms with Gasteiger partial charge in [-0.1, -0.05) is 60.7 Å². The number of benzene rings is 4. The van der Waals surface area contributed by atoms with Crippen molar-refractivity contribution in [3.63, 3.8) is 0 Å². The number of aromatic nitrogens is 2. The highest BCUT2D eigenvalue weighted by molar-refractivity contribution is 5.96. The minimum atomic E-state index is -0.128. The van der Waals surface area contributed by atoms with Gasteiger partial charge < -0.3 is 19.4 Å². The van der Waals surface area contributed by atoms with Gasteiger partial charge in [-0.3, -0.25) is 4.79 Å². The van der Waals surface area contributed by atoms with Crippen LogP contribution in [0.3, 0.4) is 0 Å². The Hall–Kier alpha value is -4.32. The van der Waals surface area contributed by atoms with Gasteiger partial charge >= 0.3 is 0 Å². The number of methoxy groups -OCH3 is 1. The maximum absolute atomic E-state index is 12.6. The molecule has 0 saturated heterocycles. The third kappa shape index (κ3) is 5.59. The second-order valence-electron chi connectivity index (χ2n) is 8.91. The van der Waals surface area contributed by atoms with Crippen LogP contribution in [0.1, 0.15) is 29.0 Å². The lowest BCUT2D eigenvalue weighted by atomic mass is 10.1. The van der Waals surface area contributed by atoms with Crippen molar-refractivity contribution in [1.82, 2.24) is 14.9 Å². The second-order valence-corrected chi connectivity index (χ2v) is 8.91. The smallest absolute Gasteiger partial charge is 0.255 e. The summed E-state index contributed by atoms with van der Waals surface area (Å²) in [7, 11) is 1.57. The van der Waals surface area contributed by atoms with E-state index in [9.17, 15) is 4.79 Å². The van der Waals surface area contributed by atoms with Crippen molar-refractivity contribution in [2.45, 2.75) is 25.8 Å². The fourth-order valence-electron chi connectivity index (χ4n) is 4.67. The third-order valence-corrected chi connectivity index (χ3v) is 6.48. The molecule has 37 heavy (non-hydrogen) atoms. The SMILES string of the molecule is COc1ccccc1C(=O)NCCCc1nc2ccccc2n1CCCOc1cccc2ccccc12. The fourth-order valence-corrected chi connectivity index (χ4v) is 4.67. The van der Waals surface area contributed by atoms with Gasteiger partial charge in [0.15, 0.2) is 0 Å². The largest absolute Gasteiger partial charge is 0.496 e. The van der Waals surface area contributed by atoms with Crippen molar-refractivity contribution >= 4 is 27.7 Å². The Balaban J connectivity index is 1.19. The number of amides is 1. The summed E-state index contributed by atoms with van der Waals surface area (Å²) < 4.78 is 13.7. The standard InChI is InChI=1S/C31H31N3O3/c1-36-28-17-7-4-14-25(28)31(35)32-20-9-19-30-33-26-15-5-6-16-27(26)34(30)21-10-22-37-29-18-8-12-23-11-2-3-13-24(23)29/h2-8,11-18H,9-10,19-22H2,1H3,(H,32,35). The van der Waals surface area contributed by atoms with Crippen molar-refractivity contribution in [2.75, 3.05) is 20.3 Å². The van der Waals surface area contributed by atoms with Gasteiger partial charge in [-0.25, -0.2) is 4.98 Å². The van der Waals surface area contributed by atoms with Crippen molar-refractivity contribution < 1.29 is 14.3 Å². The van der Waals surface area contributed by atoms with Crippen molar-refractivity contribution in [2.24, 2.45) is 0 Å². The van der Waals surface area contributed by atoms with E-state index in [0.29, 0.717) is 24.5 Å². The van der Waals surface area contributed by atoms with Crippen LogP contribution < -0.4 is 14.8 Å². The first-order valence-electron chi connectivity index (χ1n) is 12.7. The molecule has 0 spiro atoms. The molecular weight excluding hydrogens is 462 g/mol. The molecule has 6 nitrogen and oxygen atoms in total. The molecular formula is C31H31N3O3. The lowest BCUT2D eigenvalue weighted by Gasteiger charge is -2.12. The lowest BCUT2D eigenvalue weighted by Crippen LogP contribution is -2.25. The average molecular weight is 494 g/mol. The van der Waals surface area contributed by atoms with Crippen molar-refractivity contribution in [3.05, 3.63) is 102 Å². The molecule has 0 unspecified atom stereocenters. The van der Waals surface area contributed by atoms with Gasteiger partial charge in [-0.2, -0.15) is 0 Å². The van der Waals surface area contributed by atoms with E-state index >= 15 is 0 Å². The van der Waals surface area contributed by atoms with E-state index in [-0.39, 0.29) is 5.91 Å². The van der Waals surface area contributed by atoms with Gasteiger partial charge in [-0.05, 0) is 48.6 Å². The zero-order valence-electron chi connectivity index (χ0n) is 21.0. The molecule has 0 saturated carbocycles. The van der Waals surface area contributed by atoms with Crippen molar-refractivity contribution in [3.8, 4) is 11.5 Å². The minimum Gasteiger partial charge on any atom is -0.496 e. The quantitative estimate of drug-likeness (QED) is 0.228. The molecule has 5 rings (SSSR count). The highest BCUT2D eigenvalue weighted by Gasteiger charge is 2.13. The highest BCUT2D eigenvalue weighted by Crippen LogP contribution is 2.25. The molecule has 5 aromatic rings. The Morgan fingerprint density at radius 1 is 0.865 bits per heavy atom. The first-order chi connectivity index (χ1) is 18.2. The van der Waals surface area contributed by atoms with Crippen LogP contribution in [0.25, 0.3) is 21.8 Å². The molecule has 0 aliphatic rings. The summed E-state index contributed by atoms with van der Waals surface area (Å²) in [5.41, 5.74) is 2.66. The number of ether oxygens (including phenoxy) is 2. The number of nitrogens with zero attached hydrogens (tertiary/aromatic N) is 2. The maximum atomic E-state index is 12.6. The Labute approximate surface area is 216 Å². The summed E-state index contributed by atoms with van der Waals surface area (Å²) >= 11 is 0. The molecule has 6 heteroatoms. The molecule has 1 heterocycles. The highest BCUT2D eigenvalue weighted by atomic mass is 16.5. The minimum absolute atomic E-state index is 0.128. The molecule has 0 radical (unpaired) electrons. The first kappa shape index (κ1) is 24.4. The van der Waals surface area contributed by atoms with Crippen LogP contribution in [-0.2, 0) is 13.0 Å². The number of aryl methyl sites for hydroxylation is 2. The number of nitrogens with one attached hydrogen (secondary N) is 1. The number of hydrogen-bond donors (Lipinski definition) is 1. The van der Waals surface area contributed by atoms with E-state index in [1.807, 2.05) is 54.6 Å². The summed E-state index contributed by atoms with van der Waals surface area (Å²) in [5.74, 6) is 2.39. The number of rotatable bonds is 11. The predicted octanol–water partition coefficient (Wildman–Crippen LogP) is 6.03. The molecule has 0 aliphatic heterocycles. The topological polar surface area (TPSA) is 65.4 Å². The number of imidazole rings is 1. The average Bonchev–Trinajstić information content (AvgIpc) is 3.30. The van der Waals surface area contributed by atoms with E-state index in [4.69, 9.17) is 14.5 Å². The van der Waals surface area contributed by atoms with E-state index < -0.39 is 0 Å². The molecule has 188 valence electrons. The maximum Gasteiger partial charge on any atom is 0.255 e. The molecule has 0 fully saturated rings. The van der Waals surface area contributed by atoms with Gasteiger partial charge in [0.2, 0.25) is 0 Å². The molecule has 0 atom stereocenters. The summed E-state index contributed by atoms with van der Waals surface area (Å²) in [6, 6.07) is 29.9. The number of hydrogen-bond acceptors (Lipinski definition) is 4. The summed E-state index contributed by atoms with van der Waals surface area (Å²) in [4.78, 5) is 17.5. The number of fused-ring (bicyclic) bond motifs is 2. The van der Waals surface area contributed by atoms with E-state index in [0.717, 1.165) is 53.8 Å². The Bertz CT molecular complexity index is 1500. The van der Waals surface area contributed by atoms with Crippen LogP contribution >= 0.6 is 0 Å². The van der Waals surface area contributed by atoms with Crippen LogP contribution in [-0.4, -0.2) is 35.7 Å². The fraction of sp³-hybridized carbons (Fsp3) is 0.226. The molecule has 0 aliphatic carbocycles. The van der Waals surface area contributed by atoms with E-state index in [1.165, 1.54) is 5.39 Å². The predicted molar refractivity (Wildman–Crippen MR) is 147 cm³/mol. The Kier molecular flexibility index (Phi) is 7.65. The first-order valence-corrected chi connectivity index (χ1v) is 12.7. The zero-order chi connectivity index (χ0) is 25.5. The summed E-state index contributed by atoms with van der Waals surface area (Å²) in [6.45, 7) is 1.99. The third-order valence-electron chi connectivity index (χ3n) is 6.48. The summed E-state index contributed by atoms with van der Waals surface area (Å²) in [6.07, 6.45) is 2.42. The number of para-hydroxylation sites is 3. The molecule has 1 aromatic heterocycles. The lowest BCUT2D eigenvalue weighted by molar-refractivity contribution is 0.0950. The molecule has 4 aromatic carbocycles. The van der Waals surface area contributed by atoms with E-state index in [2.05, 4.69) is 34.1 Å². The van der Waals surface area contributed by atoms with Gasteiger partial charge in [0.05, 0.1) is 30.3 Å². The summed E-state index contributed by atoms with van der Waals surface area (Å²) in [5, 5.41) is 5.32. The van der Waals surface area contributed by atoms with Crippen LogP contribution in [0.2, 0.25) is 0 Å². The van der Waals surface area contributed by atoms with Gasteiger partial charge in [0, 0.05) is 24.9 Å². The van der Waals surface area contributed by atoms with E-state index in [1.54, 1.807) is 19.2 Å². The number of carbonyl (C=O) groups is 1. The van der Waals surface area contributed by atoms with Gasteiger partial charge in [0.1, 0.15) is 17.3 Å². The van der Waals surface area contributed by atoms with Crippen LogP contribution in [0.15, 0.2) is 91.0 Å². The van der Waals surface area contributed by atoms with Gasteiger partial charge in [0.25, 0.3) is 5.91 Å². The number of carbonyl (C=O) groups excluding carboxylic acids is 1. The van der Waals surface area contributed by atoms with Crippen molar-refractivity contribution in [1.29, 1.82) is 0 Å².